The molecule has 0 aromatic rings. The summed E-state index contributed by atoms with van der Waals surface area (Å²) in [5, 5.41) is 0. The first-order valence-corrected chi connectivity index (χ1v) is 28.6. The third-order valence-electron chi connectivity index (χ3n) is 12.1. The highest BCUT2D eigenvalue weighted by Crippen LogP contribution is 2.16. The van der Waals surface area contributed by atoms with Crippen molar-refractivity contribution in [1.29, 1.82) is 0 Å². The van der Waals surface area contributed by atoms with E-state index in [0.29, 0.717) is 19.3 Å². The van der Waals surface area contributed by atoms with Crippen molar-refractivity contribution in [3.05, 3.63) is 85.1 Å². The van der Waals surface area contributed by atoms with Gasteiger partial charge in [0.05, 0.1) is 0 Å². The van der Waals surface area contributed by atoms with Crippen molar-refractivity contribution >= 4 is 17.9 Å². The second-order valence-electron chi connectivity index (χ2n) is 18.8. The lowest BCUT2D eigenvalue weighted by Crippen LogP contribution is -2.30. The topological polar surface area (TPSA) is 78.9 Å². The minimum absolute atomic E-state index is 0.102. The van der Waals surface area contributed by atoms with Crippen LogP contribution in [0.2, 0.25) is 0 Å². The van der Waals surface area contributed by atoms with Crippen LogP contribution in [0.3, 0.4) is 0 Å². The van der Waals surface area contributed by atoms with E-state index >= 15 is 0 Å². The number of carbonyl (C=O) groups excluding carboxylic acids is 3. The van der Waals surface area contributed by atoms with Gasteiger partial charge in [-0.05, 0) is 83.5 Å². The van der Waals surface area contributed by atoms with Crippen LogP contribution in [0.5, 0.6) is 0 Å². The number of unbranched alkanes of at least 4 members (excludes halogenated alkanes) is 26. The van der Waals surface area contributed by atoms with Gasteiger partial charge in [-0.15, -0.1) is 0 Å². The first-order chi connectivity index (χ1) is 33.5. The standard InChI is InChI=1S/C62H106O6/c1-4-7-10-13-16-19-22-25-28-30-31-33-34-37-40-43-46-49-52-55-61(64)67-58-59(57-66-60(63)54-51-48-45-42-39-36-27-24-21-18-15-12-9-6-3)68-62(65)56-53-50-47-44-41-38-35-32-29-26-23-20-17-14-11-8-5-2/h7,10,16,19,24-25,27-28,31,33,37,40,46,49,59H,4-6,8-9,11-15,17-18,20-23,26,29-30,32,34-36,38-39,41-45,47-48,50-58H2,1-3H3/b10-7-,19-16-,27-24-,28-25-,33-31-,40-37-,49-46-/t59-/m1/s1. The third-order valence-corrected chi connectivity index (χ3v) is 12.1. The zero-order valence-electron chi connectivity index (χ0n) is 44.6. The number of hydrogen-bond donors (Lipinski definition) is 0. The van der Waals surface area contributed by atoms with E-state index in [1.807, 2.05) is 6.08 Å². The molecule has 0 aliphatic heterocycles. The predicted molar refractivity (Wildman–Crippen MR) is 293 cm³/mol. The Morgan fingerprint density at radius 3 is 0.985 bits per heavy atom. The Bertz CT molecular complexity index is 1320. The third kappa shape index (κ3) is 53.5. The lowest BCUT2D eigenvalue weighted by molar-refractivity contribution is -0.166. The number of allylic oxidation sites excluding steroid dienone is 14. The van der Waals surface area contributed by atoms with Crippen LogP contribution >= 0.6 is 0 Å². The first kappa shape index (κ1) is 64.6. The molecule has 0 aromatic heterocycles. The molecule has 390 valence electrons. The van der Waals surface area contributed by atoms with Gasteiger partial charge in [0.1, 0.15) is 13.2 Å². The van der Waals surface area contributed by atoms with Crippen LogP contribution in [-0.2, 0) is 28.6 Å². The van der Waals surface area contributed by atoms with Crippen molar-refractivity contribution in [3.8, 4) is 0 Å². The molecule has 1 atom stereocenters. The maximum Gasteiger partial charge on any atom is 0.306 e. The van der Waals surface area contributed by atoms with Crippen molar-refractivity contribution < 1.29 is 28.6 Å². The zero-order valence-corrected chi connectivity index (χ0v) is 44.6. The van der Waals surface area contributed by atoms with Crippen molar-refractivity contribution in [2.45, 2.75) is 277 Å². The Hall–Kier alpha value is -3.41. The van der Waals surface area contributed by atoms with E-state index < -0.39 is 6.10 Å². The van der Waals surface area contributed by atoms with Gasteiger partial charge in [0.25, 0.3) is 0 Å². The highest BCUT2D eigenvalue weighted by molar-refractivity contribution is 5.71. The van der Waals surface area contributed by atoms with Gasteiger partial charge in [0.15, 0.2) is 6.10 Å². The minimum atomic E-state index is -0.809. The van der Waals surface area contributed by atoms with Crippen molar-refractivity contribution in [3.63, 3.8) is 0 Å². The summed E-state index contributed by atoms with van der Waals surface area (Å²) in [4.78, 5) is 38.1. The second kappa shape index (κ2) is 56.2. The van der Waals surface area contributed by atoms with Gasteiger partial charge in [-0.3, -0.25) is 14.4 Å². The summed E-state index contributed by atoms with van der Waals surface area (Å²) in [6.07, 6.45) is 73.0. The van der Waals surface area contributed by atoms with Crippen LogP contribution in [0.1, 0.15) is 271 Å². The average Bonchev–Trinajstić information content (AvgIpc) is 3.34. The fourth-order valence-electron chi connectivity index (χ4n) is 7.88. The molecule has 0 saturated heterocycles. The largest absolute Gasteiger partial charge is 0.462 e. The average molecular weight is 948 g/mol. The zero-order chi connectivity index (χ0) is 49.3. The number of rotatable bonds is 51. The van der Waals surface area contributed by atoms with E-state index in [1.165, 1.54) is 141 Å². The van der Waals surface area contributed by atoms with Crippen molar-refractivity contribution in [1.82, 2.24) is 0 Å². The van der Waals surface area contributed by atoms with Gasteiger partial charge in [0, 0.05) is 19.3 Å². The summed E-state index contributed by atoms with van der Waals surface area (Å²) in [5.41, 5.74) is 0. The molecule has 0 heterocycles. The number of ether oxygens (including phenoxy) is 3. The molecule has 0 aliphatic carbocycles. The molecule has 0 unspecified atom stereocenters. The Morgan fingerprint density at radius 1 is 0.309 bits per heavy atom. The molecule has 0 aliphatic rings. The number of carbonyl (C=O) groups is 3. The quantitative estimate of drug-likeness (QED) is 0.0262. The Morgan fingerprint density at radius 2 is 0.603 bits per heavy atom. The molecule has 0 radical (unpaired) electrons. The first-order valence-electron chi connectivity index (χ1n) is 28.6. The lowest BCUT2D eigenvalue weighted by Gasteiger charge is -2.18. The second-order valence-corrected chi connectivity index (χ2v) is 18.8. The van der Waals surface area contributed by atoms with Gasteiger partial charge in [-0.1, -0.05) is 254 Å². The summed E-state index contributed by atoms with van der Waals surface area (Å²) in [5.74, 6) is -0.990. The normalized spacial score (nSPS) is 12.7. The van der Waals surface area contributed by atoms with E-state index in [-0.39, 0.29) is 37.5 Å². The summed E-state index contributed by atoms with van der Waals surface area (Å²) in [7, 11) is 0. The summed E-state index contributed by atoms with van der Waals surface area (Å²) in [6.45, 7) is 6.46. The number of hydrogen-bond acceptors (Lipinski definition) is 6. The molecule has 0 aromatic carbocycles. The fourth-order valence-corrected chi connectivity index (χ4v) is 7.88. The van der Waals surface area contributed by atoms with Gasteiger partial charge in [0.2, 0.25) is 0 Å². The SMILES string of the molecule is CC/C=C\C/C=C\C/C=C\C/C=C\C/C=C\C/C=C\CCC(=O)OC[C@@H](COC(=O)CCCCCCC/C=C\CCCCCCC)OC(=O)CCCCCCCCCCCCCCCCCCC. The maximum atomic E-state index is 12.9. The van der Waals surface area contributed by atoms with E-state index in [2.05, 4.69) is 99.8 Å². The highest BCUT2D eigenvalue weighted by atomic mass is 16.6. The molecular weight excluding hydrogens is 841 g/mol. The molecule has 0 spiro atoms. The van der Waals surface area contributed by atoms with E-state index in [4.69, 9.17) is 14.2 Å². The molecule has 0 bridgehead atoms. The van der Waals surface area contributed by atoms with Gasteiger partial charge >= 0.3 is 17.9 Å². The van der Waals surface area contributed by atoms with Crippen molar-refractivity contribution in [2.75, 3.05) is 13.2 Å². The molecule has 68 heavy (non-hydrogen) atoms. The highest BCUT2D eigenvalue weighted by Gasteiger charge is 2.19. The van der Waals surface area contributed by atoms with E-state index in [0.717, 1.165) is 83.5 Å². The Labute approximate surface area is 420 Å². The Balaban J connectivity index is 4.48. The summed E-state index contributed by atoms with van der Waals surface area (Å²) < 4.78 is 16.8. The van der Waals surface area contributed by atoms with Crippen LogP contribution in [0.25, 0.3) is 0 Å². The monoisotopic (exact) mass is 947 g/mol. The molecular formula is C62H106O6. The van der Waals surface area contributed by atoms with Crippen LogP contribution < -0.4 is 0 Å². The van der Waals surface area contributed by atoms with E-state index in [1.54, 1.807) is 0 Å². The molecule has 6 heteroatoms. The summed E-state index contributed by atoms with van der Waals surface area (Å²) in [6, 6.07) is 0. The molecule has 0 saturated carbocycles. The summed E-state index contributed by atoms with van der Waals surface area (Å²) >= 11 is 0. The van der Waals surface area contributed by atoms with Gasteiger partial charge in [-0.2, -0.15) is 0 Å². The molecule has 0 amide bonds. The van der Waals surface area contributed by atoms with Crippen LogP contribution in [0, 0.1) is 0 Å². The molecule has 0 N–H and O–H groups in total. The molecule has 0 fully saturated rings. The lowest BCUT2D eigenvalue weighted by atomic mass is 10.0. The van der Waals surface area contributed by atoms with Crippen molar-refractivity contribution in [2.24, 2.45) is 0 Å². The minimum Gasteiger partial charge on any atom is -0.462 e. The molecule has 6 nitrogen and oxygen atoms in total. The van der Waals surface area contributed by atoms with Crippen LogP contribution in [0.15, 0.2) is 85.1 Å². The van der Waals surface area contributed by atoms with Gasteiger partial charge in [-0.25, -0.2) is 0 Å². The van der Waals surface area contributed by atoms with Crippen LogP contribution in [-0.4, -0.2) is 37.2 Å². The van der Waals surface area contributed by atoms with E-state index in [9.17, 15) is 14.4 Å². The van der Waals surface area contributed by atoms with Gasteiger partial charge < -0.3 is 14.2 Å². The van der Waals surface area contributed by atoms with Crippen LogP contribution in [0.4, 0.5) is 0 Å². The smallest absolute Gasteiger partial charge is 0.306 e. The number of esters is 3. The molecule has 0 rings (SSSR count). The predicted octanol–water partition coefficient (Wildman–Crippen LogP) is 19.2. The Kier molecular flexibility index (Phi) is 53.4. The fraction of sp³-hybridized carbons (Fsp3) is 0.726. The maximum absolute atomic E-state index is 12.9.